The number of rotatable bonds is 4. The topological polar surface area (TPSA) is 58.6 Å². The molecule has 24 heavy (non-hydrogen) atoms. The SMILES string of the molecule is O=S(=O)(c1cc(Br)ccc1S)N1CCN[C@@H](CC2CCOCC2)C1. The molecule has 134 valence electrons. The quantitative estimate of drug-likeness (QED) is 0.714. The van der Waals surface area contributed by atoms with E-state index in [1.165, 1.54) is 0 Å². The zero-order valence-electron chi connectivity index (χ0n) is 13.4. The third kappa shape index (κ3) is 4.34. The van der Waals surface area contributed by atoms with Crippen molar-refractivity contribution < 1.29 is 13.2 Å². The molecule has 0 aliphatic carbocycles. The molecule has 0 bridgehead atoms. The van der Waals surface area contributed by atoms with Crippen molar-refractivity contribution >= 4 is 38.6 Å². The average molecular weight is 435 g/mol. The summed E-state index contributed by atoms with van der Waals surface area (Å²) in [6, 6.07) is 5.34. The minimum absolute atomic E-state index is 0.201. The fourth-order valence-electron chi connectivity index (χ4n) is 3.39. The Labute approximate surface area is 157 Å². The van der Waals surface area contributed by atoms with Crippen LogP contribution >= 0.6 is 28.6 Å². The second-order valence-electron chi connectivity index (χ2n) is 6.42. The standard InChI is InChI=1S/C16H23BrN2O3S2/c17-13-1-2-15(23)16(10-13)24(20,21)19-6-5-18-14(11-19)9-12-3-7-22-8-4-12/h1-2,10,12,14,18,23H,3-9,11H2/t14-/m0/s1. The molecule has 0 amide bonds. The van der Waals surface area contributed by atoms with E-state index in [9.17, 15) is 8.42 Å². The number of sulfonamides is 1. The summed E-state index contributed by atoms with van der Waals surface area (Å²) in [5.41, 5.74) is 0. The Kier molecular flexibility index (Phi) is 6.26. The van der Waals surface area contributed by atoms with Gasteiger partial charge >= 0.3 is 0 Å². The normalized spacial score (nSPS) is 24.2. The van der Waals surface area contributed by atoms with Gasteiger partial charge in [-0.15, -0.1) is 12.6 Å². The van der Waals surface area contributed by atoms with Gasteiger partial charge < -0.3 is 10.1 Å². The van der Waals surface area contributed by atoms with Crippen molar-refractivity contribution in [1.82, 2.24) is 9.62 Å². The van der Waals surface area contributed by atoms with Crippen molar-refractivity contribution in [3.05, 3.63) is 22.7 Å². The van der Waals surface area contributed by atoms with Crippen LogP contribution in [0.25, 0.3) is 0 Å². The van der Waals surface area contributed by atoms with Crippen molar-refractivity contribution in [3.63, 3.8) is 0 Å². The first kappa shape index (κ1) is 18.7. The molecule has 0 saturated carbocycles. The summed E-state index contributed by atoms with van der Waals surface area (Å²) in [6.45, 7) is 3.33. The van der Waals surface area contributed by atoms with Gasteiger partial charge in [0.15, 0.2) is 0 Å². The molecule has 2 aliphatic heterocycles. The van der Waals surface area contributed by atoms with Gasteiger partial charge in [0.1, 0.15) is 0 Å². The molecule has 3 rings (SSSR count). The third-order valence-electron chi connectivity index (χ3n) is 4.72. The molecule has 8 heteroatoms. The zero-order chi connectivity index (χ0) is 17.2. The molecule has 2 saturated heterocycles. The lowest BCUT2D eigenvalue weighted by molar-refractivity contribution is 0.0586. The Hall–Kier alpha value is -0.120. The predicted molar refractivity (Wildman–Crippen MR) is 100 cm³/mol. The summed E-state index contributed by atoms with van der Waals surface area (Å²) in [5, 5.41) is 3.47. The molecule has 1 N–H and O–H groups in total. The second-order valence-corrected chi connectivity index (χ2v) is 9.72. The van der Waals surface area contributed by atoms with Crippen LogP contribution in [-0.4, -0.2) is 51.6 Å². The van der Waals surface area contributed by atoms with Gasteiger partial charge in [0.2, 0.25) is 10.0 Å². The lowest BCUT2D eigenvalue weighted by Gasteiger charge is -2.35. The van der Waals surface area contributed by atoms with Gasteiger partial charge in [-0.05, 0) is 43.4 Å². The number of hydrogen-bond donors (Lipinski definition) is 2. The van der Waals surface area contributed by atoms with Crippen molar-refractivity contribution in [2.24, 2.45) is 5.92 Å². The van der Waals surface area contributed by atoms with Crippen LogP contribution in [0.3, 0.4) is 0 Å². The maximum atomic E-state index is 13.0. The summed E-state index contributed by atoms with van der Waals surface area (Å²) in [4.78, 5) is 0.754. The zero-order valence-corrected chi connectivity index (χ0v) is 16.7. The van der Waals surface area contributed by atoms with Crippen molar-refractivity contribution in [2.75, 3.05) is 32.8 Å². The second kappa shape index (κ2) is 8.05. The number of hydrogen-bond acceptors (Lipinski definition) is 5. The molecule has 0 unspecified atom stereocenters. The van der Waals surface area contributed by atoms with E-state index < -0.39 is 10.0 Å². The van der Waals surface area contributed by atoms with Crippen molar-refractivity contribution in [2.45, 2.75) is 35.1 Å². The molecule has 2 fully saturated rings. The van der Waals surface area contributed by atoms with E-state index >= 15 is 0 Å². The highest BCUT2D eigenvalue weighted by Gasteiger charge is 2.32. The molecule has 2 heterocycles. The van der Waals surface area contributed by atoms with E-state index in [-0.39, 0.29) is 10.9 Å². The Morgan fingerprint density at radius 3 is 2.83 bits per heavy atom. The van der Waals surface area contributed by atoms with E-state index in [1.54, 1.807) is 22.5 Å². The Balaban J connectivity index is 1.72. The van der Waals surface area contributed by atoms with E-state index in [0.717, 1.165) is 36.9 Å². The molecule has 1 aromatic carbocycles. The monoisotopic (exact) mass is 434 g/mol. The smallest absolute Gasteiger partial charge is 0.244 e. The average Bonchev–Trinajstić information content (AvgIpc) is 2.58. The van der Waals surface area contributed by atoms with E-state index in [2.05, 4.69) is 33.9 Å². The number of ether oxygens (including phenoxy) is 1. The van der Waals surface area contributed by atoms with Crippen LogP contribution in [0.2, 0.25) is 0 Å². The van der Waals surface area contributed by atoms with Gasteiger partial charge in [-0.3, -0.25) is 0 Å². The highest BCUT2D eigenvalue weighted by molar-refractivity contribution is 9.10. The summed E-state index contributed by atoms with van der Waals surface area (Å²) in [6.07, 6.45) is 3.14. The van der Waals surface area contributed by atoms with Crippen LogP contribution in [0.1, 0.15) is 19.3 Å². The van der Waals surface area contributed by atoms with Crippen LogP contribution in [0.15, 0.2) is 32.5 Å². The number of nitrogens with zero attached hydrogens (tertiary/aromatic N) is 1. The lowest BCUT2D eigenvalue weighted by atomic mass is 9.92. The third-order valence-corrected chi connectivity index (χ3v) is 7.66. The van der Waals surface area contributed by atoms with E-state index in [0.29, 0.717) is 30.4 Å². The molecule has 5 nitrogen and oxygen atoms in total. The minimum atomic E-state index is -3.53. The predicted octanol–water partition coefficient (Wildman–Crippen LogP) is 2.52. The van der Waals surface area contributed by atoms with Gasteiger partial charge in [0.25, 0.3) is 0 Å². The largest absolute Gasteiger partial charge is 0.381 e. The van der Waals surface area contributed by atoms with Crippen LogP contribution < -0.4 is 5.32 Å². The Morgan fingerprint density at radius 2 is 2.08 bits per heavy atom. The first-order valence-corrected chi connectivity index (χ1v) is 10.9. The summed E-state index contributed by atoms with van der Waals surface area (Å²) in [5.74, 6) is 0.616. The molecule has 0 aromatic heterocycles. The number of thiol groups is 1. The van der Waals surface area contributed by atoms with Crippen LogP contribution in [0, 0.1) is 5.92 Å². The first-order valence-electron chi connectivity index (χ1n) is 8.26. The van der Waals surface area contributed by atoms with Gasteiger partial charge in [0, 0.05) is 48.3 Å². The van der Waals surface area contributed by atoms with Crippen LogP contribution in [0.5, 0.6) is 0 Å². The van der Waals surface area contributed by atoms with Gasteiger partial charge in [-0.2, -0.15) is 4.31 Å². The number of benzene rings is 1. The first-order chi connectivity index (χ1) is 11.5. The number of halogens is 1. The van der Waals surface area contributed by atoms with Crippen molar-refractivity contribution in [3.8, 4) is 0 Å². The summed E-state index contributed by atoms with van der Waals surface area (Å²) >= 11 is 7.68. The maximum Gasteiger partial charge on any atom is 0.244 e. The molecule has 0 spiro atoms. The molecule has 1 aromatic rings. The fraction of sp³-hybridized carbons (Fsp3) is 0.625. The Bertz CT molecular complexity index is 678. The van der Waals surface area contributed by atoms with E-state index in [4.69, 9.17) is 4.74 Å². The molecular weight excluding hydrogens is 412 g/mol. The summed E-state index contributed by atoms with van der Waals surface area (Å²) in [7, 11) is -3.53. The lowest BCUT2D eigenvalue weighted by Crippen LogP contribution is -2.53. The molecular formula is C16H23BrN2O3S2. The highest BCUT2D eigenvalue weighted by Crippen LogP contribution is 2.28. The minimum Gasteiger partial charge on any atom is -0.381 e. The fourth-order valence-corrected chi connectivity index (χ4v) is 5.98. The Morgan fingerprint density at radius 1 is 1.33 bits per heavy atom. The van der Waals surface area contributed by atoms with Gasteiger partial charge in [-0.1, -0.05) is 15.9 Å². The molecule has 0 radical (unpaired) electrons. The van der Waals surface area contributed by atoms with Gasteiger partial charge in [0.05, 0.1) is 4.90 Å². The van der Waals surface area contributed by atoms with Crippen LogP contribution in [0.4, 0.5) is 0 Å². The van der Waals surface area contributed by atoms with Crippen LogP contribution in [-0.2, 0) is 14.8 Å². The number of piperazine rings is 1. The maximum absolute atomic E-state index is 13.0. The van der Waals surface area contributed by atoms with E-state index in [1.807, 2.05) is 0 Å². The van der Waals surface area contributed by atoms with Crippen molar-refractivity contribution in [1.29, 1.82) is 0 Å². The number of nitrogens with one attached hydrogen (secondary N) is 1. The summed E-state index contributed by atoms with van der Waals surface area (Å²) < 4.78 is 33.8. The highest BCUT2D eigenvalue weighted by atomic mass is 79.9. The molecule has 1 atom stereocenters. The van der Waals surface area contributed by atoms with Gasteiger partial charge in [-0.25, -0.2) is 8.42 Å². The molecule has 2 aliphatic rings.